The van der Waals surface area contributed by atoms with Gasteiger partial charge in [-0.05, 0) is 35.9 Å². The fraction of sp³-hybridized carbons (Fsp3) is 0.143. The zero-order valence-corrected chi connectivity index (χ0v) is 18.5. The molecule has 0 bridgehead atoms. The molecule has 0 saturated carbocycles. The van der Waals surface area contributed by atoms with Crippen molar-refractivity contribution in [3.05, 3.63) is 57.9 Å². The number of ether oxygens (including phenoxy) is 3. The van der Waals surface area contributed by atoms with Gasteiger partial charge in [-0.2, -0.15) is 0 Å². The van der Waals surface area contributed by atoms with Gasteiger partial charge in [0.15, 0.2) is 16.6 Å². The molecule has 0 aliphatic rings. The molecule has 0 saturated heterocycles. The second-order valence-corrected chi connectivity index (χ2v) is 7.60. The Morgan fingerprint density at radius 2 is 1.72 bits per heavy atom. The number of nitrogens with one attached hydrogen (secondary N) is 1. The second kappa shape index (κ2) is 9.58. The number of carbonyl (C=O) groups excluding carboxylic acids is 1. The summed E-state index contributed by atoms with van der Waals surface area (Å²) in [4.78, 5) is 16.7. The third kappa shape index (κ3) is 5.16. The predicted octanol–water partition coefficient (Wildman–Crippen LogP) is 5.25. The molecule has 0 radical (unpaired) electrons. The lowest BCUT2D eigenvalue weighted by Crippen LogP contribution is -2.07. The van der Waals surface area contributed by atoms with Crippen molar-refractivity contribution in [2.24, 2.45) is 0 Å². The molecular formula is C21H19BrN2O4S. The van der Waals surface area contributed by atoms with Gasteiger partial charge in [0.05, 0.1) is 27.0 Å². The van der Waals surface area contributed by atoms with E-state index in [0.717, 1.165) is 21.3 Å². The maximum absolute atomic E-state index is 12.3. The van der Waals surface area contributed by atoms with Gasteiger partial charge in [0, 0.05) is 21.5 Å². The molecule has 1 amide bonds. The van der Waals surface area contributed by atoms with Gasteiger partial charge in [-0.15, -0.1) is 11.3 Å². The number of hydrogen-bond donors (Lipinski definition) is 1. The van der Waals surface area contributed by atoms with E-state index in [1.54, 1.807) is 39.5 Å². The molecule has 0 aliphatic carbocycles. The van der Waals surface area contributed by atoms with Gasteiger partial charge in [-0.25, -0.2) is 4.98 Å². The summed E-state index contributed by atoms with van der Waals surface area (Å²) in [5.74, 6) is 1.26. The summed E-state index contributed by atoms with van der Waals surface area (Å²) < 4.78 is 16.9. The summed E-state index contributed by atoms with van der Waals surface area (Å²) in [6, 6.07) is 11.4. The van der Waals surface area contributed by atoms with Gasteiger partial charge < -0.3 is 14.2 Å². The van der Waals surface area contributed by atoms with E-state index in [1.807, 2.05) is 29.6 Å². The quantitative estimate of drug-likeness (QED) is 0.473. The van der Waals surface area contributed by atoms with E-state index in [-0.39, 0.29) is 5.91 Å². The van der Waals surface area contributed by atoms with Crippen molar-refractivity contribution >= 4 is 44.4 Å². The lowest BCUT2D eigenvalue weighted by atomic mass is 10.1. The summed E-state index contributed by atoms with van der Waals surface area (Å²) in [7, 11) is 4.63. The van der Waals surface area contributed by atoms with Crippen LogP contribution >= 0.6 is 27.3 Å². The maximum Gasteiger partial charge on any atom is 0.250 e. The number of amides is 1. The summed E-state index contributed by atoms with van der Waals surface area (Å²) in [5.41, 5.74) is 2.54. The largest absolute Gasteiger partial charge is 0.493 e. The van der Waals surface area contributed by atoms with Crippen molar-refractivity contribution in [2.75, 3.05) is 26.6 Å². The highest BCUT2D eigenvalue weighted by atomic mass is 79.9. The number of aromatic nitrogens is 1. The molecule has 1 N–H and O–H groups in total. The van der Waals surface area contributed by atoms with Gasteiger partial charge in [-0.1, -0.05) is 28.1 Å². The minimum Gasteiger partial charge on any atom is -0.493 e. The number of methoxy groups -OCH3 is 3. The van der Waals surface area contributed by atoms with E-state index in [0.29, 0.717) is 22.4 Å². The zero-order valence-electron chi connectivity index (χ0n) is 16.1. The Morgan fingerprint density at radius 3 is 2.31 bits per heavy atom. The van der Waals surface area contributed by atoms with Crippen LogP contribution in [-0.2, 0) is 4.79 Å². The number of carbonyl (C=O) groups is 1. The zero-order chi connectivity index (χ0) is 20.8. The van der Waals surface area contributed by atoms with E-state index in [1.165, 1.54) is 17.4 Å². The number of anilines is 1. The molecule has 0 aliphatic heterocycles. The minimum absolute atomic E-state index is 0.282. The lowest BCUT2D eigenvalue weighted by molar-refractivity contribution is -0.111. The molecule has 6 nitrogen and oxygen atoms in total. The Labute approximate surface area is 181 Å². The van der Waals surface area contributed by atoms with Crippen LogP contribution in [0, 0.1) is 0 Å². The van der Waals surface area contributed by atoms with Gasteiger partial charge >= 0.3 is 0 Å². The Morgan fingerprint density at radius 1 is 1.07 bits per heavy atom. The molecule has 0 spiro atoms. The van der Waals surface area contributed by atoms with Crippen LogP contribution in [0.15, 0.2) is 52.3 Å². The van der Waals surface area contributed by atoms with E-state index in [2.05, 4.69) is 26.2 Å². The van der Waals surface area contributed by atoms with Crippen LogP contribution < -0.4 is 19.5 Å². The van der Waals surface area contributed by atoms with Crippen molar-refractivity contribution in [3.8, 4) is 28.5 Å². The number of halogens is 1. The van der Waals surface area contributed by atoms with Gasteiger partial charge in [-0.3, -0.25) is 10.1 Å². The summed E-state index contributed by atoms with van der Waals surface area (Å²) in [5, 5.41) is 5.21. The molecule has 3 rings (SSSR count). The average molecular weight is 475 g/mol. The molecule has 1 aromatic heterocycles. The Kier molecular flexibility index (Phi) is 6.90. The van der Waals surface area contributed by atoms with Crippen LogP contribution in [0.2, 0.25) is 0 Å². The molecule has 29 heavy (non-hydrogen) atoms. The van der Waals surface area contributed by atoms with Crippen molar-refractivity contribution < 1.29 is 19.0 Å². The Balaban J connectivity index is 1.71. The first kappa shape index (κ1) is 20.9. The SMILES string of the molecule is COc1cc(/C=C/C(=O)Nc2nc(-c3ccc(Br)cc3)cs2)cc(OC)c1OC. The number of thiazole rings is 1. The third-order valence-electron chi connectivity index (χ3n) is 3.99. The van der Waals surface area contributed by atoms with Crippen LogP contribution in [0.5, 0.6) is 17.2 Å². The normalized spacial score (nSPS) is 10.8. The van der Waals surface area contributed by atoms with E-state index in [4.69, 9.17) is 14.2 Å². The van der Waals surface area contributed by atoms with Crippen LogP contribution in [-0.4, -0.2) is 32.2 Å². The van der Waals surface area contributed by atoms with Crippen LogP contribution in [0.1, 0.15) is 5.56 Å². The monoisotopic (exact) mass is 474 g/mol. The molecule has 3 aromatic rings. The molecule has 2 aromatic carbocycles. The van der Waals surface area contributed by atoms with Crippen molar-refractivity contribution in [3.63, 3.8) is 0 Å². The highest BCUT2D eigenvalue weighted by Crippen LogP contribution is 2.38. The smallest absolute Gasteiger partial charge is 0.250 e. The Hall–Kier alpha value is -2.84. The van der Waals surface area contributed by atoms with Crippen LogP contribution in [0.25, 0.3) is 17.3 Å². The number of benzene rings is 2. The van der Waals surface area contributed by atoms with Crippen molar-refractivity contribution in [1.29, 1.82) is 0 Å². The molecule has 0 atom stereocenters. The summed E-state index contributed by atoms with van der Waals surface area (Å²) in [6.45, 7) is 0. The first-order chi connectivity index (χ1) is 14.0. The van der Waals surface area contributed by atoms with Gasteiger partial charge in [0.2, 0.25) is 11.7 Å². The lowest BCUT2D eigenvalue weighted by Gasteiger charge is -2.12. The first-order valence-electron chi connectivity index (χ1n) is 8.54. The second-order valence-electron chi connectivity index (χ2n) is 5.83. The minimum atomic E-state index is -0.282. The first-order valence-corrected chi connectivity index (χ1v) is 10.2. The average Bonchev–Trinajstić information content (AvgIpc) is 3.20. The van der Waals surface area contributed by atoms with E-state index >= 15 is 0 Å². The van der Waals surface area contributed by atoms with Crippen LogP contribution in [0.4, 0.5) is 5.13 Å². The van der Waals surface area contributed by atoms with E-state index in [9.17, 15) is 4.79 Å². The molecule has 150 valence electrons. The molecule has 0 unspecified atom stereocenters. The van der Waals surface area contributed by atoms with Gasteiger partial charge in [0.1, 0.15) is 0 Å². The fourth-order valence-electron chi connectivity index (χ4n) is 2.60. The molecular weight excluding hydrogens is 456 g/mol. The third-order valence-corrected chi connectivity index (χ3v) is 5.27. The number of hydrogen-bond acceptors (Lipinski definition) is 6. The molecule has 8 heteroatoms. The molecule has 1 heterocycles. The summed E-state index contributed by atoms with van der Waals surface area (Å²) >= 11 is 4.78. The van der Waals surface area contributed by atoms with E-state index < -0.39 is 0 Å². The highest BCUT2D eigenvalue weighted by molar-refractivity contribution is 9.10. The van der Waals surface area contributed by atoms with Crippen molar-refractivity contribution in [2.45, 2.75) is 0 Å². The maximum atomic E-state index is 12.3. The standard InChI is InChI=1S/C21H19BrN2O4S/c1-26-17-10-13(11-18(27-2)20(17)28-3)4-9-19(25)24-21-23-16(12-29-21)14-5-7-15(22)8-6-14/h4-12H,1-3H3,(H,23,24,25)/b9-4+. The number of rotatable bonds is 7. The number of nitrogens with zero attached hydrogens (tertiary/aromatic N) is 1. The predicted molar refractivity (Wildman–Crippen MR) is 119 cm³/mol. The summed E-state index contributed by atoms with van der Waals surface area (Å²) in [6.07, 6.45) is 3.10. The van der Waals surface area contributed by atoms with Crippen molar-refractivity contribution in [1.82, 2.24) is 4.98 Å². The molecule has 0 fully saturated rings. The Bertz CT molecular complexity index is 1010. The fourth-order valence-corrected chi connectivity index (χ4v) is 3.59. The highest BCUT2D eigenvalue weighted by Gasteiger charge is 2.12. The van der Waals surface area contributed by atoms with Gasteiger partial charge in [0.25, 0.3) is 0 Å². The topological polar surface area (TPSA) is 69.7 Å². The van der Waals surface area contributed by atoms with Crippen LogP contribution in [0.3, 0.4) is 0 Å².